The van der Waals surface area contributed by atoms with Crippen LogP contribution >= 0.6 is 0 Å². The number of imidazole rings is 1. The normalized spacial score (nSPS) is 11.8. The van der Waals surface area contributed by atoms with Gasteiger partial charge in [0.2, 0.25) is 0 Å². The van der Waals surface area contributed by atoms with Crippen LogP contribution < -0.4 is 0 Å². The molecule has 0 spiro atoms. The van der Waals surface area contributed by atoms with Crippen molar-refractivity contribution in [3.63, 3.8) is 0 Å². The third kappa shape index (κ3) is 7.76. The van der Waals surface area contributed by atoms with Crippen molar-refractivity contribution in [2.24, 2.45) is 0 Å². The fourth-order valence-electron chi connectivity index (χ4n) is 8.71. The summed E-state index contributed by atoms with van der Waals surface area (Å²) in [6.45, 7) is 15.7. The fraction of sp³-hybridized carbons (Fsp3) is 0.172. The average Bonchev–Trinajstić information content (AvgIpc) is 3.99. The molecular weight excluding hydrogens is 963 g/mol. The molecule has 0 saturated carbocycles. The van der Waals surface area contributed by atoms with Gasteiger partial charge >= 0.3 is 0 Å². The van der Waals surface area contributed by atoms with Crippen LogP contribution in [-0.4, -0.2) is 14.5 Å². The Balaban J connectivity index is 0.000000258. The van der Waals surface area contributed by atoms with Crippen molar-refractivity contribution in [3.05, 3.63) is 187 Å². The minimum atomic E-state index is 0. The molecule has 6 heteroatoms. The Bertz CT molecular complexity index is 3400. The largest absolute Gasteiger partial charge is 0.501 e. The Morgan fingerprint density at radius 2 is 1.25 bits per heavy atom. The maximum absolute atomic E-state index is 6.76. The van der Waals surface area contributed by atoms with Gasteiger partial charge in [0.15, 0.2) is 0 Å². The van der Waals surface area contributed by atoms with E-state index < -0.39 is 0 Å². The molecule has 0 aliphatic heterocycles. The summed E-state index contributed by atoms with van der Waals surface area (Å²) in [6.07, 6.45) is 1.95. The van der Waals surface area contributed by atoms with Crippen molar-refractivity contribution in [3.8, 4) is 39.5 Å². The maximum atomic E-state index is 6.76. The molecule has 0 fully saturated rings. The van der Waals surface area contributed by atoms with Gasteiger partial charge in [0.05, 0.1) is 22.4 Å². The van der Waals surface area contributed by atoms with Gasteiger partial charge in [-0.1, -0.05) is 132 Å². The molecular formula is C58H49IrN3O2-2. The Kier molecular flexibility index (Phi) is 11.5. The minimum absolute atomic E-state index is 0. The van der Waals surface area contributed by atoms with Crippen LogP contribution in [-0.2, 0) is 25.5 Å². The summed E-state index contributed by atoms with van der Waals surface area (Å²) in [6, 6.07) is 59.1. The Labute approximate surface area is 388 Å². The van der Waals surface area contributed by atoms with Gasteiger partial charge in [-0.15, -0.1) is 54.1 Å². The van der Waals surface area contributed by atoms with E-state index in [0.717, 1.165) is 77.6 Å². The predicted molar refractivity (Wildman–Crippen MR) is 261 cm³/mol. The number of hydrogen-bond donors (Lipinski definition) is 0. The zero-order valence-electron chi connectivity index (χ0n) is 37.2. The van der Waals surface area contributed by atoms with Crippen LogP contribution in [0.15, 0.2) is 167 Å². The maximum Gasteiger partial charge on any atom is 0.136 e. The molecule has 0 saturated heterocycles. The van der Waals surface area contributed by atoms with Crippen molar-refractivity contribution >= 4 is 54.9 Å². The molecule has 319 valence electrons. The molecule has 0 amide bonds. The summed E-state index contributed by atoms with van der Waals surface area (Å²) in [7, 11) is 0. The van der Waals surface area contributed by atoms with Crippen LogP contribution in [0.3, 0.4) is 0 Å². The summed E-state index contributed by atoms with van der Waals surface area (Å²) in [5.41, 5.74) is 15.8. The van der Waals surface area contributed by atoms with Gasteiger partial charge in [0.1, 0.15) is 16.7 Å². The SMILES string of the molecule is CC(C)(C)c1ccc(-c2[c-]cccc2)nc1.CC(C)c1cc(-c2ccccc2)cc(C(C)C)c1-n1c(-c2[c-]ccc3c2oc2cc4c(cc23)oc2ccccc24)nc2ccccc21.[Ir]. The van der Waals surface area contributed by atoms with E-state index >= 15 is 0 Å². The van der Waals surface area contributed by atoms with Gasteiger partial charge in [-0.3, -0.25) is 4.98 Å². The van der Waals surface area contributed by atoms with E-state index in [0.29, 0.717) is 0 Å². The number of benzene rings is 7. The number of nitrogens with zero attached hydrogens (tertiary/aromatic N) is 3. The van der Waals surface area contributed by atoms with Crippen LogP contribution in [0.2, 0.25) is 0 Å². The van der Waals surface area contributed by atoms with E-state index in [1.54, 1.807) is 0 Å². The molecule has 11 aromatic rings. The van der Waals surface area contributed by atoms with Gasteiger partial charge in [-0.2, -0.15) is 0 Å². The van der Waals surface area contributed by atoms with E-state index in [4.69, 9.17) is 13.8 Å². The first kappa shape index (κ1) is 42.7. The number of furan rings is 2. The standard InChI is InChI=1S/C43H33N2O2.C15H16N.Ir/c1-25(2)32-21-28(27-13-6-5-7-14-27)22-33(26(3)4)41(32)45-37-19-10-9-18-36(37)44-43(45)31-17-12-16-30-35-24-39-34(23-40(35)47-42(30)31)29-15-8-11-20-38(29)46-39;1-15(2,3)13-9-10-14(16-11-13)12-7-5-4-6-8-12;/h5-16,18-26H,1-4H3;4-7,9-11H,1-3H3;/q2*-1;. The van der Waals surface area contributed by atoms with Crippen LogP contribution in [0.5, 0.6) is 0 Å². The average molecular weight is 1010 g/mol. The monoisotopic (exact) mass is 1010 g/mol. The van der Waals surface area contributed by atoms with E-state index in [2.05, 4.69) is 173 Å². The second kappa shape index (κ2) is 17.2. The molecule has 4 aromatic heterocycles. The van der Waals surface area contributed by atoms with Crippen LogP contribution in [0.1, 0.15) is 77.0 Å². The molecule has 4 heterocycles. The summed E-state index contributed by atoms with van der Waals surface area (Å²) in [5, 5.41) is 4.16. The number of fused-ring (bicyclic) bond motifs is 7. The predicted octanol–water partition coefficient (Wildman–Crippen LogP) is 16.0. The van der Waals surface area contributed by atoms with Gasteiger partial charge in [0.25, 0.3) is 0 Å². The van der Waals surface area contributed by atoms with Gasteiger partial charge in [-0.05, 0) is 93.2 Å². The van der Waals surface area contributed by atoms with Crippen LogP contribution in [0, 0.1) is 12.1 Å². The molecule has 5 nitrogen and oxygen atoms in total. The van der Waals surface area contributed by atoms with Crippen molar-refractivity contribution < 1.29 is 28.9 Å². The first-order valence-electron chi connectivity index (χ1n) is 21.9. The first-order valence-corrected chi connectivity index (χ1v) is 21.9. The summed E-state index contributed by atoms with van der Waals surface area (Å²) < 4.78 is 15.4. The van der Waals surface area contributed by atoms with Gasteiger partial charge in [-0.25, -0.2) is 0 Å². The first-order chi connectivity index (χ1) is 30.5. The van der Waals surface area contributed by atoms with E-state index in [-0.39, 0.29) is 37.4 Å². The van der Waals surface area contributed by atoms with E-state index in [1.807, 2.05) is 54.7 Å². The quantitative estimate of drug-likeness (QED) is 0.156. The Morgan fingerprint density at radius 1 is 0.578 bits per heavy atom. The summed E-state index contributed by atoms with van der Waals surface area (Å²) >= 11 is 0. The Hall–Kier alpha value is -6.59. The van der Waals surface area contributed by atoms with Gasteiger partial charge < -0.3 is 18.4 Å². The molecule has 0 aliphatic carbocycles. The van der Waals surface area contributed by atoms with Crippen molar-refractivity contribution in [1.82, 2.24) is 14.5 Å². The number of hydrogen-bond acceptors (Lipinski definition) is 4. The second-order valence-electron chi connectivity index (χ2n) is 18.0. The van der Waals surface area contributed by atoms with Crippen molar-refractivity contribution in [2.75, 3.05) is 0 Å². The Morgan fingerprint density at radius 3 is 1.94 bits per heavy atom. The molecule has 64 heavy (non-hydrogen) atoms. The topological polar surface area (TPSA) is 57.0 Å². The van der Waals surface area contributed by atoms with Crippen LogP contribution in [0.25, 0.3) is 94.4 Å². The number of aromatic nitrogens is 3. The minimum Gasteiger partial charge on any atom is -0.501 e. The number of pyridine rings is 1. The molecule has 0 N–H and O–H groups in total. The van der Waals surface area contributed by atoms with E-state index in [9.17, 15) is 0 Å². The zero-order chi connectivity index (χ0) is 43.4. The zero-order valence-corrected chi connectivity index (χ0v) is 39.6. The second-order valence-corrected chi connectivity index (χ2v) is 18.0. The smallest absolute Gasteiger partial charge is 0.136 e. The molecule has 0 atom stereocenters. The van der Waals surface area contributed by atoms with Crippen molar-refractivity contribution in [1.29, 1.82) is 0 Å². The number of rotatable bonds is 6. The summed E-state index contributed by atoms with van der Waals surface area (Å²) in [4.78, 5) is 9.78. The molecule has 11 rings (SSSR count). The van der Waals surface area contributed by atoms with Crippen molar-refractivity contribution in [2.45, 2.75) is 65.7 Å². The third-order valence-corrected chi connectivity index (χ3v) is 12.1. The number of para-hydroxylation sites is 3. The molecule has 1 radical (unpaired) electrons. The molecule has 0 aliphatic rings. The fourth-order valence-corrected chi connectivity index (χ4v) is 8.71. The molecule has 0 bridgehead atoms. The van der Waals surface area contributed by atoms with Crippen LogP contribution in [0.4, 0.5) is 0 Å². The third-order valence-electron chi connectivity index (χ3n) is 12.1. The van der Waals surface area contributed by atoms with Gasteiger partial charge in [0, 0.05) is 48.1 Å². The molecule has 0 unspecified atom stereocenters. The summed E-state index contributed by atoms with van der Waals surface area (Å²) in [5.74, 6) is 1.37. The molecule has 7 aromatic carbocycles. The van der Waals surface area contributed by atoms with E-state index in [1.165, 1.54) is 33.5 Å².